The molecule has 0 saturated carbocycles. The van der Waals surface area contributed by atoms with Crippen LogP contribution in [0.2, 0.25) is 0 Å². The van der Waals surface area contributed by atoms with Crippen LogP contribution in [-0.2, 0) is 11.3 Å². The van der Waals surface area contributed by atoms with Gasteiger partial charge < -0.3 is 19.3 Å². The number of likely N-dealkylation sites (tertiary alicyclic amines) is 2. The van der Waals surface area contributed by atoms with Gasteiger partial charge in [0.1, 0.15) is 6.61 Å². The summed E-state index contributed by atoms with van der Waals surface area (Å²) in [4.78, 5) is 4.16. The number of hydrogen-bond donors (Lipinski definition) is 1. The molecule has 2 aliphatic heterocycles. The van der Waals surface area contributed by atoms with Crippen molar-refractivity contribution in [3.05, 3.63) is 23.8 Å². The fourth-order valence-electron chi connectivity index (χ4n) is 3.94. The van der Waals surface area contributed by atoms with Gasteiger partial charge in [0, 0.05) is 58.7 Å². The van der Waals surface area contributed by atoms with Crippen LogP contribution >= 0.6 is 0 Å². The molecule has 28 heavy (non-hydrogen) atoms. The molecule has 2 saturated heterocycles. The smallest absolute Gasteiger partial charge is 0.250 e. The van der Waals surface area contributed by atoms with E-state index in [-0.39, 0.29) is 18.9 Å². The third kappa shape index (κ3) is 5.31. The van der Waals surface area contributed by atoms with Crippen molar-refractivity contribution < 1.29 is 28.1 Å². The van der Waals surface area contributed by atoms with Crippen LogP contribution in [0.25, 0.3) is 0 Å². The van der Waals surface area contributed by atoms with E-state index in [0.717, 1.165) is 5.56 Å². The van der Waals surface area contributed by atoms with Crippen molar-refractivity contribution in [1.29, 1.82) is 0 Å². The molecule has 6 nitrogen and oxygen atoms in total. The summed E-state index contributed by atoms with van der Waals surface area (Å²) in [7, 11) is 3.22. The molecule has 0 spiro atoms. The number of hydrogen-bond acceptors (Lipinski definition) is 6. The molecule has 0 bridgehead atoms. The Morgan fingerprint density at radius 2 is 1.86 bits per heavy atom. The molecule has 0 unspecified atom stereocenters. The Balaban J connectivity index is 1.59. The molecular formula is C20H30F2N2O4. The van der Waals surface area contributed by atoms with Crippen LogP contribution in [0, 0.1) is 0 Å². The topological polar surface area (TPSA) is 54.4 Å². The standard InChI is InChI=1S/C20H30F2N2O4/c1-26-9-10-28-19-11-15(3-4-18(19)27-2)12-23-13-16(17(25)14-23)24-7-5-20(21,22)6-8-24/h3-4,11,16-17,25H,5-10,12-14H2,1-2H3/t16-,17-/m0/s1. The van der Waals surface area contributed by atoms with Gasteiger partial charge in [0.05, 0.1) is 19.8 Å². The van der Waals surface area contributed by atoms with Gasteiger partial charge in [-0.25, -0.2) is 8.78 Å². The van der Waals surface area contributed by atoms with E-state index in [1.54, 1.807) is 14.2 Å². The van der Waals surface area contributed by atoms with Crippen molar-refractivity contribution in [3.63, 3.8) is 0 Å². The lowest BCUT2D eigenvalue weighted by molar-refractivity contribution is -0.0698. The molecule has 8 heteroatoms. The largest absolute Gasteiger partial charge is 0.493 e. The molecule has 0 aliphatic carbocycles. The number of alkyl halides is 2. The summed E-state index contributed by atoms with van der Waals surface area (Å²) in [5, 5.41) is 10.5. The SMILES string of the molecule is COCCOc1cc(CN2C[C@H](O)[C@@H](N3CCC(F)(F)CC3)C2)ccc1OC. The molecule has 158 valence electrons. The Labute approximate surface area is 165 Å². The average Bonchev–Trinajstić information content (AvgIpc) is 3.02. The Kier molecular flexibility index (Phi) is 7.09. The fraction of sp³-hybridized carbons (Fsp3) is 0.700. The van der Waals surface area contributed by atoms with Crippen LogP contribution < -0.4 is 9.47 Å². The summed E-state index contributed by atoms with van der Waals surface area (Å²) < 4.78 is 42.9. The second kappa shape index (κ2) is 9.35. The quantitative estimate of drug-likeness (QED) is 0.674. The summed E-state index contributed by atoms with van der Waals surface area (Å²) >= 11 is 0. The minimum Gasteiger partial charge on any atom is -0.493 e. The van der Waals surface area contributed by atoms with Crippen LogP contribution in [0.3, 0.4) is 0 Å². The molecule has 0 aromatic heterocycles. The number of methoxy groups -OCH3 is 2. The number of nitrogens with zero attached hydrogens (tertiary/aromatic N) is 2. The zero-order valence-electron chi connectivity index (χ0n) is 16.6. The summed E-state index contributed by atoms with van der Waals surface area (Å²) in [5.41, 5.74) is 1.05. The Morgan fingerprint density at radius 3 is 2.54 bits per heavy atom. The highest BCUT2D eigenvalue weighted by molar-refractivity contribution is 5.43. The van der Waals surface area contributed by atoms with Crippen molar-refractivity contribution in [2.75, 3.05) is 53.6 Å². The van der Waals surface area contributed by atoms with Crippen molar-refractivity contribution in [2.24, 2.45) is 0 Å². The van der Waals surface area contributed by atoms with Crippen molar-refractivity contribution in [2.45, 2.75) is 37.5 Å². The molecule has 1 N–H and O–H groups in total. The van der Waals surface area contributed by atoms with Gasteiger partial charge in [-0.15, -0.1) is 0 Å². The second-order valence-corrected chi connectivity index (χ2v) is 7.55. The van der Waals surface area contributed by atoms with E-state index in [1.165, 1.54) is 0 Å². The third-order valence-corrected chi connectivity index (χ3v) is 5.51. The molecular weight excluding hydrogens is 370 g/mol. The summed E-state index contributed by atoms with van der Waals surface area (Å²) in [6.45, 7) is 3.44. The first kappa shape index (κ1) is 21.2. The van der Waals surface area contributed by atoms with E-state index >= 15 is 0 Å². The van der Waals surface area contributed by atoms with Gasteiger partial charge in [0.25, 0.3) is 5.92 Å². The molecule has 2 atom stereocenters. The Morgan fingerprint density at radius 1 is 1.11 bits per heavy atom. The van der Waals surface area contributed by atoms with Crippen LogP contribution in [0.4, 0.5) is 8.78 Å². The second-order valence-electron chi connectivity index (χ2n) is 7.55. The minimum absolute atomic E-state index is 0.0910. The van der Waals surface area contributed by atoms with Gasteiger partial charge in [0.15, 0.2) is 11.5 Å². The van der Waals surface area contributed by atoms with E-state index in [4.69, 9.17) is 14.2 Å². The first-order valence-electron chi connectivity index (χ1n) is 9.73. The molecule has 0 amide bonds. The molecule has 1 aromatic rings. The number of aliphatic hydroxyl groups excluding tert-OH is 1. The number of piperidine rings is 1. The van der Waals surface area contributed by atoms with Crippen molar-refractivity contribution >= 4 is 0 Å². The molecule has 1 aromatic carbocycles. The number of β-amino-alcohol motifs (C(OH)–C–C–N with tert-alkyl or cyclic N) is 1. The predicted molar refractivity (Wildman–Crippen MR) is 101 cm³/mol. The van der Waals surface area contributed by atoms with E-state index in [0.29, 0.717) is 57.4 Å². The van der Waals surface area contributed by atoms with Gasteiger partial charge in [-0.2, -0.15) is 0 Å². The lowest BCUT2D eigenvalue weighted by Crippen LogP contribution is -2.49. The van der Waals surface area contributed by atoms with Crippen molar-refractivity contribution in [3.8, 4) is 11.5 Å². The van der Waals surface area contributed by atoms with Crippen molar-refractivity contribution in [1.82, 2.24) is 9.80 Å². The third-order valence-electron chi connectivity index (χ3n) is 5.51. The molecule has 2 fully saturated rings. The highest BCUT2D eigenvalue weighted by Gasteiger charge is 2.41. The van der Waals surface area contributed by atoms with Gasteiger partial charge in [-0.3, -0.25) is 9.80 Å². The lowest BCUT2D eigenvalue weighted by atomic mass is 10.0. The van der Waals surface area contributed by atoms with Crippen LogP contribution in [0.1, 0.15) is 18.4 Å². The molecule has 2 aliphatic rings. The number of aliphatic hydroxyl groups is 1. The van der Waals surface area contributed by atoms with Crippen LogP contribution in [-0.4, -0.2) is 86.6 Å². The van der Waals surface area contributed by atoms with Gasteiger partial charge in [-0.1, -0.05) is 6.07 Å². The minimum atomic E-state index is -2.57. The van der Waals surface area contributed by atoms with E-state index in [9.17, 15) is 13.9 Å². The Hall–Kier alpha value is -1.48. The summed E-state index contributed by atoms with van der Waals surface area (Å²) in [6, 6.07) is 5.69. The average molecular weight is 400 g/mol. The first-order chi connectivity index (χ1) is 13.4. The Bertz CT molecular complexity index is 637. The van der Waals surface area contributed by atoms with E-state index < -0.39 is 12.0 Å². The van der Waals surface area contributed by atoms with E-state index in [2.05, 4.69) is 4.90 Å². The number of rotatable bonds is 8. The normalized spacial score (nSPS) is 25.8. The number of halogens is 2. The fourth-order valence-corrected chi connectivity index (χ4v) is 3.94. The van der Waals surface area contributed by atoms with Crippen LogP contribution in [0.5, 0.6) is 11.5 Å². The summed E-state index contributed by atoms with van der Waals surface area (Å²) in [5.74, 6) is -1.25. The maximum atomic E-state index is 13.4. The highest BCUT2D eigenvalue weighted by Crippen LogP contribution is 2.32. The molecule has 2 heterocycles. The van der Waals surface area contributed by atoms with Gasteiger partial charge >= 0.3 is 0 Å². The van der Waals surface area contributed by atoms with E-state index in [1.807, 2.05) is 23.1 Å². The van der Waals surface area contributed by atoms with Gasteiger partial charge in [-0.05, 0) is 17.7 Å². The summed E-state index contributed by atoms with van der Waals surface area (Å²) in [6.07, 6.45) is -0.782. The maximum Gasteiger partial charge on any atom is 0.250 e. The molecule has 0 radical (unpaired) electrons. The first-order valence-corrected chi connectivity index (χ1v) is 9.73. The highest BCUT2D eigenvalue weighted by atomic mass is 19.3. The predicted octanol–water partition coefficient (Wildman–Crippen LogP) is 2.00. The zero-order valence-corrected chi connectivity index (χ0v) is 16.6. The maximum absolute atomic E-state index is 13.4. The number of benzene rings is 1. The van der Waals surface area contributed by atoms with Crippen LogP contribution in [0.15, 0.2) is 18.2 Å². The number of ether oxygens (including phenoxy) is 3. The lowest BCUT2D eigenvalue weighted by Gasteiger charge is -2.36. The van der Waals surface area contributed by atoms with Gasteiger partial charge in [0.2, 0.25) is 0 Å². The monoisotopic (exact) mass is 400 g/mol. The zero-order chi connectivity index (χ0) is 20.1. The molecule has 3 rings (SSSR count).